The Morgan fingerprint density at radius 2 is 1.43 bits per heavy atom. The number of ether oxygens (including phenoxy) is 2. The van der Waals surface area contributed by atoms with Gasteiger partial charge in [0, 0.05) is 24.8 Å². The van der Waals surface area contributed by atoms with E-state index in [1.807, 2.05) is 32.9 Å². The van der Waals surface area contributed by atoms with Crippen molar-refractivity contribution in [1.29, 1.82) is 0 Å². The van der Waals surface area contributed by atoms with Crippen LogP contribution < -0.4 is 10.1 Å². The fourth-order valence-electron chi connectivity index (χ4n) is 4.89. The van der Waals surface area contributed by atoms with Gasteiger partial charge in [-0.15, -0.1) is 12.3 Å². The number of hydrogen-bond acceptors (Lipinski definition) is 4. The molecular formula is C36H63NO4Si. The number of anilines is 1. The van der Waals surface area contributed by atoms with E-state index in [4.69, 9.17) is 20.3 Å². The summed E-state index contributed by atoms with van der Waals surface area (Å²) < 4.78 is 17.6. The summed E-state index contributed by atoms with van der Waals surface area (Å²) in [6, 6.07) is 6.04. The molecule has 5 nitrogen and oxygen atoms in total. The van der Waals surface area contributed by atoms with Gasteiger partial charge >= 0.3 is 6.09 Å². The summed E-state index contributed by atoms with van der Waals surface area (Å²) in [5.74, 6) is 4.02. The molecule has 240 valence electrons. The highest BCUT2D eigenvalue weighted by Crippen LogP contribution is 2.38. The predicted octanol–water partition coefficient (Wildman–Crippen LogP) is 11.2. The molecule has 0 radical (unpaired) electrons. The monoisotopic (exact) mass is 601 g/mol. The van der Waals surface area contributed by atoms with Crippen molar-refractivity contribution >= 4 is 20.1 Å². The lowest BCUT2D eigenvalue weighted by atomic mass is 9.87. The van der Waals surface area contributed by atoms with E-state index in [1.54, 1.807) is 7.11 Å². The van der Waals surface area contributed by atoms with Crippen molar-refractivity contribution in [2.45, 2.75) is 161 Å². The van der Waals surface area contributed by atoms with E-state index in [9.17, 15) is 4.79 Å². The van der Waals surface area contributed by atoms with Gasteiger partial charge in [-0.3, -0.25) is 5.32 Å². The van der Waals surface area contributed by atoms with Gasteiger partial charge in [0.05, 0.1) is 7.11 Å². The zero-order valence-corrected chi connectivity index (χ0v) is 29.6. The van der Waals surface area contributed by atoms with Crippen LogP contribution in [0, 0.1) is 12.3 Å². The average Bonchev–Trinajstić information content (AvgIpc) is 2.88. The standard InChI is InChI=1S/C36H63NO4Si/c1-11-12-13-14-15-16-17-18-21-24-30(25-22-19-20-23-28-40-42(9,10)36(5,6)7)32-27-26-31(29-33(32)39-8)37-34(38)41-35(2,3)4/h1,26-27,29-30H,12-25,28H2,2-10H3,(H,37,38). The largest absolute Gasteiger partial charge is 0.496 e. The number of hydrogen-bond donors (Lipinski definition) is 1. The second-order valence-electron chi connectivity index (χ2n) is 14.3. The van der Waals surface area contributed by atoms with Crippen molar-refractivity contribution in [2.75, 3.05) is 19.0 Å². The Morgan fingerprint density at radius 1 is 0.881 bits per heavy atom. The minimum Gasteiger partial charge on any atom is -0.496 e. The number of terminal acetylenes is 1. The maximum Gasteiger partial charge on any atom is 0.412 e. The molecule has 0 aliphatic rings. The van der Waals surface area contributed by atoms with Gasteiger partial charge in [-0.05, 0) is 82.1 Å². The van der Waals surface area contributed by atoms with Crippen molar-refractivity contribution in [3.05, 3.63) is 23.8 Å². The molecular weight excluding hydrogens is 538 g/mol. The predicted molar refractivity (Wildman–Crippen MR) is 182 cm³/mol. The summed E-state index contributed by atoms with van der Waals surface area (Å²) in [7, 11) is 0.0556. The topological polar surface area (TPSA) is 56.8 Å². The van der Waals surface area contributed by atoms with Crippen LogP contribution >= 0.6 is 0 Å². The third-order valence-electron chi connectivity index (χ3n) is 8.41. The summed E-state index contributed by atoms with van der Waals surface area (Å²) in [6.07, 6.45) is 21.6. The average molecular weight is 602 g/mol. The molecule has 0 heterocycles. The number of amides is 1. The Hall–Kier alpha value is -1.97. The highest BCUT2D eigenvalue weighted by molar-refractivity contribution is 6.74. The lowest BCUT2D eigenvalue weighted by Crippen LogP contribution is -2.40. The molecule has 0 aromatic heterocycles. The quantitative estimate of drug-likeness (QED) is 0.0917. The second-order valence-corrected chi connectivity index (χ2v) is 19.1. The molecule has 0 fully saturated rings. The van der Waals surface area contributed by atoms with Gasteiger partial charge in [-0.2, -0.15) is 0 Å². The second kappa shape index (κ2) is 19.3. The smallest absolute Gasteiger partial charge is 0.412 e. The minimum absolute atomic E-state index is 0.263. The van der Waals surface area contributed by atoms with Crippen molar-refractivity contribution in [3.8, 4) is 18.1 Å². The summed E-state index contributed by atoms with van der Waals surface area (Å²) in [5.41, 5.74) is 1.38. The van der Waals surface area contributed by atoms with Gasteiger partial charge in [0.2, 0.25) is 0 Å². The van der Waals surface area contributed by atoms with E-state index < -0.39 is 20.0 Å². The van der Waals surface area contributed by atoms with E-state index in [0.29, 0.717) is 11.6 Å². The molecule has 0 aliphatic heterocycles. The number of nitrogens with one attached hydrogen (secondary N) is 1. The molecule has 1 amide bonds. The lowest BCUT2D eigenvalue weighted by molar-refractivity contribution is 0.0636. The maximum absolute atomic E-state index is 12.3. The Kier molecular flexibility index (Phi) is 17.5. The van der Waals surface area contributed by atoms with E-state index in [2.05, 4.69) is 51.2 Å². The molecule has 1 aromatic carbocycles. The van der Waals surface area contributed by atoms with Crippen molar-refractivity contribution in [3.63, 3.8) is 0 Å². The Balaban J connectivity index is 2.73. The van der Waals surface area contributed by atoms with Crippen LogP contribution in [0.2, 0.25) is 18.1 Å². The number of carbonyl (C=O) groups excluding carboxylic acids is 1. The molecule has 0 aliphatic carbocycles. The van der Waals surface area contributed by atoms with Gasteiger partial charge < -0.3 is 13.9 Å². The first-order valence-electron chi connectivity index (χ1n) is 16.5. The summed E-state index contributed by atoms with van der Waals surface area (Å²) in [4.78, 5) is 12.3. The van der Waals surface area contributed by atoms with Crippen LogP contribution in [0.25, 0.3) is 0 Å². The molecule has 1 rings (SSSR count). The SMILES string of the molecule is C#CCCCCCCCCCC(CCCCCCO[Si](C)(C)C(C)(C)C)c1ccc(NC(=O)OC(C)(C)C)cc1OC. The molecule has 0 saturated heterocycles. The van der Waals surface area contributed by atoms with E-state index in [0.717, 1.165) is 44.5 Å². The third-order valence-corrected chi connectivity index (χ3v) is 12.9. The van der Waals surface area contributed by atoms with Gasteiger partial charge in [-0.25, -0.2) is 4.79 Å². The van der Waals surface area contributed by atoms with Crippen LogP contribution in [-0.2, 0) is 9.16 Å². The number of carbonyl (C=O) groups is 1. The maximum atomic E-state index is 12.3. The summed E-state index contributed by atoms with van der Waals surface area (Å²) in [6.45, 7) is 18.0. The third kappa shape index (κ3) is 16.0. The van der Waals surface area contributed by atoms with E-state index in [-0.39, 0.29) is 5.04 Å². The molecule has 1 aromatic rings. The molecule has 42 heavy (non-hydrogen) atoms. The first-order valence-corrected chi connectivity index (χ1v) is 19.4. The van der Waals surface area contributed by atoms with Crippen LogP contribution in [0.5, 0.6) is 5.75 Å². The van der Waals surface area contributed by atoms with Crippen LogP contribution in [0.15, 0.2) is 18.2 Å². The van der Waals surface area contributed by atoms with Crippen molar-refractivity contribution < 1.29 is 18.7 Å². The molecule has 1 unspecified atom stereocenters. The normalized spacial score (nSPS) is 13.0. The molecule has 1 atom stereocenters. The Labute approximate surface area is 260 Å². The molecule has 0 spiro atoms. The van der Waals surface area contributed by atoms with Crippen LogP contribution in [0.4, 0.5) is 10.5 Å². The highest BCUT2D eigenvalue weighted by atomic mass is 28.4. The van der Waals surface area contributed by atoms with Gasteiger partial charge in [0.15, 0.2) is 8.32 Å². The summed E-state index contributed by atoms with van der Waals surface area (Å²) in [5, 5.41) is 3.12. The Bertz CT molecular complexity index is 939. The lowest BCUT2D eigenvalue weighted by Gasteiger charge is -2.36. The summed E-state index contributed by atoms with van der Waals surface area (Å²) >= 11 is 0. The molecule has 1 N–H and O–H groups in total. The van der Waals surface area contributed by atoms with Crippen LogP contribution in [0.1, 0.15) is 143 Å². The highest BCUT2D eigenvalue weighted by Gasteiger charge is 2.36. The molecule has 0 saturated carbocycles. The van der Waals surface area contributed by atoms with Crippen molar-refractivity contribution in [1.82, 2.24) is 0 Å². The Morgan fingerprint density at radius 3 is 1.95 bits per heavy atom. The first kappa shape index (κ1) is 38.1. The molecule has 6 heteroatoms. The van der Waals surface area contributed by atoms with Gasteiger partial charge in [0.1, 0.15) is 11.4 Å². The fourth-order valence-corrected chi connectivity index (χ4v) is 5.98. The number of benzene rings is 1. The van der Waals surface area contributed by atoms with Crippen LogP contribution in [0.3, 0.4) is 0 Å². The minimum atomic E-state index is -1.66. The van der Waals surface area contributed by atoms with Gasteiger partial charge in [-0.1, -0.05) is 84.6 Å². The fraction of sp³-hybridized carbons (Fsp3) is 0.750. The number of unbranched alkanes of at least 4 members (excludes halogenated alkanes) is 10. The van der Waals surface area contributed by atoms with Crippen molar-refractivity contribution in [2.24, 2.45) is 0 Å². The van der Waals surface area contributed by atoms with E-state index in [1.165, 1.54) is 63.4 Å². The zero-order chi connectivity index (χ0) is 31.7. The zero-order valence-electron chi connectivity index (χ0n) is 28.6. The molecule has 0 bridgehead atoms. The van der Waals surface area contributed by atoms with Crippen LogP contribution in [-0.4, -0.2) is 33.7 Å². The van der Waals surface area contributed by atoms with E-state index >= 15 is 0 Å². The first-order chi connectivity index (χ1) is 19.7. The number of rotatable bonds is 20. The number of methoxy groups -OCH3 is 1. The van der Waals surface area contributed by atoms with Gasteiger partial charge in [0.25, 0.3) is 0 Å².